The third kappa shape index (κ3) is 3.62. The number of carbonyl (C=O) groups excluding carboxylic acids is 1. The molecule has 2 aliphatic rings. The smallest absolute Gasteiger partial charge is 0.233 e. The molecule has 0 spiro atoms. The van der Waals surface area contributed by atoms with Crippen LogP contribution in [-0.4, -0.2) is 32.0 Å². The summed E-state index contributed by atoms with van der Waals surface area (Å²) in [7, 11) is 0. The van der Waals surface area contributed by atoms with Gasteiger partial charge in [0.25, 0.3) is 0 Å². The number of allylic oxidation sites excluding steroid dienone is 1. The molecule has 23 heavy (non-hydrogen) atoms. The van der Waals surface area contributed by atoms with Gasteiger partial charge in [-0.2, -0.15) is 0 Å². The van der Waals surface area contributed by atoms with Gasteiger partial charge in [0, 0.05) is 12.6 Å². The van der Waals surface area contributed by atoms with E-state index in [-0.39, 0.29) is 17.2 Å². The van der Waals surface area contributed by atoms with Crippen molar-refractivity contribution >= 4 is 17.7 Å². The van der Waals surface area contributed by atoms with Crippen LogP contribution < -0.4 is 5.32 Å². The molecule has 2 bridgehead atoms. The maximum atomic E-state index is 12.5. The van der Waals surface area contributed by atoms with Crippen molar-refractivity contribution in [2.24, 2.45) is 17.8 Å². The Morgan fingerprint density at radius 3 is 3.00 bits per heavy atom. The summed E-state index contributed by atoms with van der Waals surface area (Å²) in [5, 5.41) is 11.8. The summed E-state index contributed by atoms with van der Waals surface area (Å²) in [4.78, 5) is 12.5. The van der Waals surface area contributed by atoms with Crippen LogP contribution in [0.15, 0.2) is 24.1 Å². The standard InChI is InChI=1S/C17H26N4OS/c1-4-7-21-10-18-20-17(21)23-12(3)16(22)19-11(2)15-9-13-5-6-14(15)8-13/h4,10-15H,1,5-9H2,2-3H3,(H,19,22). The molecular weight excluding hydrogens is 308 g/mol. The summed E-state index contributed by atoms with van der Waals surface area (Å²) >= 11 is 1.45. The fraction of sp³-hybridized carbons (Fsp3) is 0.706. The van der Waals surface area contributed by atoms with E-state index in [1.54, 1.807) is 12.4 Å². The average Bonchev–Trinajstić information content (AvgIpc) is 3.24. The van der Waals surface area contributed by atoms with Gasteiger partial charge in [-0.05, 0) is 50.9 Å². The van der Waals surface area contributed by atoms with Crippen LogP contribution in [0.5, 0.6) is 0 Å². The minimum Gasteiger partial charge on any atom is -0.352 e. The molecule has 5 atom stereocenters. The molecule has 6 heteroatoms. The van der Waals surface area contributed by atoms with Crippen molar-refractivity contribution in [3.05, 3.63) is 19.0 Å². The highest BCUT2D eigenvalue weighted by atomic mass is 32.2. The SMILES string of the molecule is C=CCn1cnnc1SC(C)C(=O)NC(C)C1CC2CCC1C2. The Bertz CT molecular complexity index is 573. The van der Waals surface area contributed by atoms with Crippen LogP contribution in [0.2, 0.25) is 0 Å². The molecule has 2 aliphatic carbocycles. The molecule has 5 nitrogen and oxygen atoms in total. The number of aromatic nitrogens is 3. The molecule has 0 saturated heterocycles. The van der Waals surface area contributed by atoms with Gasteiger partial charge < -0.3 is 9.88 Å². The molecule has 0 aliphatic heterocycles. The fourth-order valence-corrected chi connectivity index (χ4v) is 5.01. The highest BCUT2D eigenvalue weighted by Gasteiger charge is 2.42. The second-order valence-corrected chi connectivity index (χ2v) is 8.26. The minimum atomic E-state index is -0.177. The number of thioether (sulfide) groups is 1. The van der Waals surface area contributed by atoms with Crippen molar-refractivity contribution in [2.75, 3.05) is 0 Å². The summed E-state index contributed by atoms with van der Waals surface area (Å²) in [5.74, 6) is 2.50. The third-order valence-electron chi connectivity index (χ3n) is 5.36. The van der Waals surface area contributed by atoms with Crippen molar-refractivity contribution in [1.29, 1.82) is 0 Å². The number of nitrogens with one attached hydrogen (secondary N) is 1. The highest BCUT2D eigenvalue weighted by Crippen LogP contribution is 2.49. The predicted octanol–water partition coefficient (Wildman–Crippen LogP) is 2.89. The van der Waals surface area contributed by atoms with E-state index in [0.29, 0.717) is 12.5 Å². The fourth-order valence-electron chi connectivity index (χ4n) is 4.17. The summed E-state index contributed by atoms with van der Waals surface area (Å²) in [6.07, 6.45) is 8.89. The summed E-state index contributed by atoms with van der Waals surface area (Å²) in [5.41, 5.74) is 0. The molecule has 5 unspecified atom stereocenters. The molecule has 2 saturated carbocycles. The van der Waals surface area contributed by atoms with Crippen molar-refractivity contribution in [1.82, 2.24) is 20.1 Å². The van der Waals surface area contributed by atoms with E-state index in [1.807, 2.05) is 11.5 Å². The van der Waals surface area contributed by atoms with Gasteiger partial charge in [-0.3, -0.25) is 4.79 Å². The zero-order chi connectivity index (χ0) is 16.4. The summed E-state index contributed by atoms with van der Waals surface area (Å²) in [6.45, 7) is 8.48. The Labute approximate surface area is 142 Å². The molecule has 0 radical (unpaired) electrons. The van der Waals surface area contributed by atoms with Gasteiger partial charge in [0.2, 0.25) is 5.91 Å². The van der Waals surface area contributed by atoms with E-state index in [0.717, 1.165) is 17.0 Å². The van der Waals surface area contributed by atoms with Crippen molar-refractivity contribution in [3.8, 4) is 0 Å². The zero-order valence-electron chi connectivity index (χ0n) is 13.9. The lowest BCUT2D eigenvalue weighted by atomic mass is 9.84. The molecule has 2 fully saturated rings. The van der Waals surface area contributed by atoms with Gasteiger partial charge in [0.05, 0.1) is 5.25 Å². The van der Waals surface area contributed by atoms with Crippen molar-refractivity contribution in [2.45, 2.75) is 62.5 Å². The average molecular weight is 334 g/mol. The van der Waals surface area contributed by atoms with Crippen LogP contribution in [0, 0.1) is 17.8 Å². The molecule has 1 aromatic heterocycles. The quantitative estimate of drug-likeness (QED) is 0.615. The Kier molecular flexibility index (Phi) is 5.09. The number of fused-ring (bicyclic) bond motifs is 2. The topological polar surface area (TPSA) is 59.8 Å². The van der Waals surface area contributed by atoms with E-state index in [1.165, 1.54) is 37.4 Å². The van der Waals surface area contributed by atoms with Crippen LogP contribution in [0.1, 0.15) is 39.5 Å². The Morgan fingerprint density at radius 2 is 2.35 bits per heavy atom. The monoisotopic (exact) mass is 334 g/mol. The molecule has 3 rings (SSSR count). The second-order valence-electron chi connectivity index (χ2n) is 6.95. The molecule has 0 aromatic carbocycles. The molecular formula is C17H26N4OS. The van der Waals surface area contributed by atoms with Gasteiger partial charge in [-0.15, -0.1) is 16.8 Å². The maximum absolute atomic E-state index is 12.5. The molecule has 1 N–H and O–H groups in total. The van der Waals surface area contributed by atoms with Crippen LogP contribution in [0.3, 0.4) is 0 Å². The van der Waals surface area contributed by atoms with E-state index in [9.17, 15) is 4.79 Å². The summed E-state index contributed by atoms with van der Waals surface area (Å²) in [6, 6.07) is 0.270. The Balaban J connectivity index is 1.53. The Morgan fingerprint density at radius 1 is 1.52 bits per heavy atom. The van der Waals surface area contributed by atoms with E-state index >= 15 is 0 Å². The first-order valence-corrected chi connectivity index (χ1v) is 9.42. The number of carbonyl (C=O) groups is 1. The zero-order valence-corrected chi connectivity index (χ0v) is 14.8. The molecule has 126 valence electrons. The van der Waals surface area contributed by atoms with Gasteiger partial charge in [-0.1, -0.05) is 24.3 Å². The normalized spacial score (nSPS) is 28.5. The van der Waals surface area contributed by atoms with Gasteiger partial charge in [0.1, 0.15) is 6.33 Å². The second kappa shape index (κ2) is 7.07. The van der Waals surface area contributed by atoms with Crippen LogP contribution >= 0.6 is 11.8 Å². The minimum absolute atomic E-state index is 0.0958. The number of amides is 1. The van der Waals surface area contributed by atoms with E-state index < -0.39 is 0 Å². The highest BCUT2D eigenvalue weighted by molar-refractivity contribution is 8.00. The van der Waals surface area contributed by atoms with E-state index in [4.69, 9.17) is 0 Å². The Hall–Kier alpha value is -1.30. The molecule has 1 amide bonds. The van der Waals surface area contributed by atoms with Crippen LogP contribution in [0.25, 0.3) is 0 Å². The molecule has 1 heterocycles. The lowest BCUT2D eigenvalue weighted by Crippen LogP contribution is -2.43. The predicted molar refractivity (Wildman–Crippen MR) is 92.1 cm³/mol. The van der Waals surface area contributed by atoms with Gasteiger partial charge in [0.15, 0.2) is 5.16 Å². The van der Waals surface area contributed by atoms with E-state index in [2.05, 4.69) is 29.0 Å². The number of nitrogens with zero attached hydrogens (tertiary/aromatic N) is 3. The first-order chi connectivity index (χ1) is 11.1. The van der Waals surface area contributed by atoms with Crippen LogP contribution in [-0.2, 0) is 11.3 Å². The van der Waals surface area contributed by atoms with Crippen molar-refractivity contribution in [3.63, 3.8) is 0 Å². The van der Waals surface area contributed by atoms with Gasteiger partial charge in [-0.25, -0.2) is 0 Å². The van der Waals surface area contributed by atoms with Crippen molar-refractivity contribution < 1.29 is 4.79 Å². The first-order valence-electron chi connectivity index (χ1n) is 8.54. The first kappa shape index (κ1) is 16.6. The summed E-state index contributed by atoms with van der Waals surface area (Å²) < 4.78 is 1.90. The van der Waals surface area contributed by atoms with Gasteiger partial charge >= 0.3 is 0 Å². The lowest BCUT2D eigenvalue weighted by molar-refractivity contribution is -0.121. The van der Waals surface area contributed by atoms with Crippen LogP contribution in [0.4, 0.5) is 0 Å². The number of hydrogen-bond acceptors (Lipinski definition) is 4. The molecule has 1 aromatic rings. The largest absolute Gasteiger partial charge is 0.352 e. The number of rotatable bonds is 7. The maximum Gasteiger partial charge on any atom is 0.233 e. The number of hydrogen-bond donors (Lipinski definition) is 1. The lowest BCUT2D eigenvalue weighted by Gasteiger charge is -2.29. The third-order valence-corrected chi connectivity index (χ3v) is 6.46.